The summed E-state index contributed by atoms with van der Waals surface area (Å²) in [6.45, 7) is 6.49. The number of ether oxygens (including phenoxy) is 4. The summed E-state index contributed by atoms with van der Waals surface area (Å²) < 4.78 is 21.7. The van der Waals surface area contributed by atoms with E-state index >= 15 is 0 Å². The number of carbonyl (C=O) groups excluding carboxylic acids is 1. The molecule has 0 saturated heterocycles. The van der Waals surface area contributed by atoms with E-state index in [2.05, 4.69) is 0 Å². The second kappa shape index (κ2) is 6.06. The second-order valence-electron chi connectivity index (χ2n) is 5.62. The molecule has 2 N–H and O–H groups in total. The molecular formula is C14H19BO7. The highest BCUT2D eigenvalue weighted by atomic mass is 16.7. The predicted octanol–water partition coefficient (Wildman–Crippen LogP) is 1.15. The minimum atomic E-state index is -1.63. The Morgan fingerprint density at radius 3 is 2.45 bits per heavy atom. The zero-order valence-corrected chi connectivity index (χ0v) is 13.0. The molecule has 0 saturated carbocycles. The second-order valence-corrected chi connectivity index (χ2v) is 5.62. The molecule has 0 fully saturated rings. The number of rotatable bonds is 5. The molecule has 1 aromatic carbocycles. The van der Waals surface area contributed by atoms with Gasteiger partial charge in [0, 0.05) is 13.8 Å². The van der Waals surface area contributed by atoms with Crippen LogP contribution in [0.15, 0.2) is 12.1 Å². The van der Waals surface area contributed by atoms with Crippen LogP contribution in [0.3, 0.4) is 0 Å². The largest absolute Gasteiger partial charge is 0.492 e. The summed E-state index contributed by atoms with van der Waals surface area (Å²) in [5.41, 5.74) is 0.123. The lowest BCUT2D eigenvalue weighted by Gasteiger charge is -2.33. The summed E-state index contributed by atoms with van der Waals surface area (Å²) in [6, 6.07) is 3.11. The molecule has 7 nitrogen and oxygen atoms in total. The Hall–Kier alpha value is -1.93. The number of esters is 1. The molecule has 1 aliphatic heterocycles. The SMILES string of the molecule is CC(C)Oc1ccc(OCB(O)O)c2c1C(=O)OC(C)(C)O2. The number of fused-ring (bicyclic) bond motifs is 1. The topological polar surface area (TPSA) is 94.5 Å². The molecule has 120 valence electrons. The van der Waals surface area contributed by atoms with Crippen molar-refractivity contribution in [2.45, 2.75) is 39.6 Å². The van der Waals surface area contributed by atoms with Crippen molar-refractivity contribution in [3.63, 3.8) is 0 Å². The molecule has 2 rings (SSSR count). The van der Waals surface area contributed by atoms with Crippen molar-refractivity contribution >= 4 is 13.1 Å². The number of benzene rings is 1. The first-order chi connectivity index (χ1) is 10.2. The maximum Gasteiger partial charge on any atom is 0.491 e. The van der Waals surface area contributed by atoms with Crippen molar-refractivity contribution in [3.05, 3.63) is 17.7 Å². The maximum atomic E-state index is 12.3. The van der Waals surface area contributed by atoms with Crippen LogP contribution < -0.4 is 14.2 Å². The summed E-state index contributed by atoms with van der Waals surface area (Å²) in [5.74, 6) is -1.04. The molecule has 0 aliphatic carbocycles. The van der Waals surface area contributed by atoms with Crippen molar-refractivity contribution in [3.8, 4) is 17.2 Å². The summed E-state index contributed by atoms with van der Waals surface area (Å²) in [4.78, 5) is 12.3. The zero-order chi connectivity index (χ0) is 16.5. The molecular weight excluding hydrogens is 291 g/mol. The molecule has 0 bridgehead atoms. The molecule has 1 aliphatic rings. The molecule has 1 heterocycles. The summed E-state index contributed by atoms with van der Waals surface area (Å²) in [5, 5.41) is 17.8. The molecule has 0 atom stereocenters. The highest BCUT2D eigenvalue weighted by molar-refractivity contribution is 6.40. The van der Waals surface area contributed by atoms with Crippen LogP contribution >= 0.6 is 0 Å². The fourth-order valence-electron chi connectivity index (χ4n) is 2.01. The van der Waals surface area contributed by atoms with Gasteiger partial charge in [0.25, 0.3) is 0 Å². The molecule has 8 heteroatoms. The first-order valence-corrected chi connectivity index (χ1v) is 6.94. The van der Waals surface area contributed by atoms with Gasteiger partial charge in [0.15, 0.2) is 11.5 Å². The number of hydrogen-bond acceptors (Lipinski definition) is 7. The molecule has 0 unspecified atom stereocenters. The van der Waals surface area contributed by atoms with Gasteiger partial charge in [0.2, 0.25) is 5.79 Å². The third-order valence-electron chi connectivity index (χ3n) is 2.72. The van der Waals surface area contributed by atoms with Gasteiger partial charge in [-0.1, -0.05) is 0 Å². The Labute approximate surface area is 128 Å². The van der Waals surface area contributed by atoms with Crippen LogP contribution in [0.25, 0.3) is 0 Å². The average molecular weight is 310 g/mol. The van der Waals surface area contributed by atoms with Gasteiger partial charge in [-0.2, -0.15) is 0 Å². The molecule has 22 heavy (non-hydrogen) atoms. The monoisotopic (exact) mass is 310 g/mol. The van der Waals surface area contributed by atoms with Crippen LogP contribution in [-0.2, 0) is 4.74 Å². The quantitative estimate of drug-likeness (QED) is 0.622. The minimum Gasteiger partial charge on any atom is -0.492 e. The lowest BCUT2D eigenvalue weighted by Crippen LogP contribution is -2.39. The van der Waals surface area contributed by atoms with Gasteiger partial charge in [0.05, 0.1) is 6.10 Å². The number of carbonyl (C=O) groups is 1. The van der Waals surface area contributed by atoms with Crippen LogP contribution in [0.2, 0.25) is 0 Å². The smallest absolute Gasteiger partial charge is 0.491 e. The number of hydrogen-bond donors (Lipinski definition) is 2. The van der Waals surface area contributed by atoms with E-state index in [-0.39, 0.29) is 29.7 Å². The first kappa shape index (κ1) is 16.4. The van der Waals surface area contributed by atoms with Crippen LogP contribution in [0.4, 0.5) is 0 Å². The lowest BCUT2D eigenvalue weighted by molar-refractivity contribution is -0.128. The normalized spacial score (nSPS) is 15.7. The standard InChI is InChI=1S/C14H19BO7/c1-8(2)20-9-5-6-10(19-7-15(17)18)12-11(9)13(16)22-14(3,4)21-12/h5-6,8,17-18H,7H2,1-4H3. The van der Waals surface area contributed by atoms with Crippen LogP contribution in [-0.4, -0.2) is 41.5 Å². The highest BCUT2D eigenvalue weighted by Gasteiger charge is 2.38. The van der Waals surface area contributed by atoms with E-state index in [9.17, 15) is 4.79 Å². The van der Waals surface area contributed by atoms with E-state index in [0.29, 0.717) is 5.75 Å². The van der Waals surface area contributed by atoms with Crippen LogP contribution in [0, 0.1) is 0 Å². The van der Waals surface area contributed by atoms with Crippen molar-refractivity contribution in [1.82, 2.24) is 0 Å². The van der Waals surface area contributed by atoms with E-state index in [1.165, 1.54) is 0 Å². The molecule has 0 spiro atoms. The summed E-state index contributed by atoms with van der Waals surface area (Å²) >= 11 is 0. The summed E-state index contributed by atoms with van der Waals surface area (Å²) in [6.07, 6.45) is -0.141. The number of cyclic esters (lactones) is 1. The first-order valence-electron chi connectivity index (χ1n) is 6.94. The Bertz CT molecular complexity index is 569. The summed E-state index contributed by atoms with van der Waals surface area (Å²) in [7, 11) is -1.63. The van der Waals surface area contributed by atoms with Crippen LogP contribution in [0.1, 0.15) is 38.1 Å². The van der Waals surface area contributed by atoms with Crippen molar-refractivity contribution < 1.29 is 33.8 Å². The van der Waals surface area contributed by atoms with E-state index in [1.807, 2.05) is 13.8 Å². The molecule has 1 aromatic rings. The van der Waals surface area contributed by atoms with Gasteiger partial charge >= 0.3 is 13.1 Å². The maximum absolute atomic E-state index is 12.3. The third-order valence-corrected chi connectivity index (χ3v) is 2.72. The Balaban J connectivity index is 2.46. The van der Waals surface area contributed by atoms with Gasteiger partial charge < -0.3 is 29.0 Å². The Morgan fingerprint density at radius 2 is 1.86 bits per heavy atom. The Kier molecular flexibility index (Phi) is 4.53. The van der Waals surface area contributed by atoms with Gasteiger partial charge in [-0.15, -0.1) is 0 Å². The van der Waals surface area contributed by atoms with Crippen molar-refractivity contribution in [2.24, 2.45) is 0 Å². The average Bonchev–Trinajstić information content (AvgIpc) is 2.34. The van der Waals surface area contributed by atoms with Crippen molar-refractivity contribution in [1.29, 1.82) is 0 Å². The predicted molar refractivity (Wildman–Crippen MR) is 78.0 cm³/mol. The van der Waals surface area contributed by atoms with E-state index in [1.54, 1.807) is 26.0 Å². The van der Waals surface area contributed by atoms with Gasteiger partial charge in [-0.25, -0.2) is 4.79 Å². The van der Waals surface area contributed by atoms with Gasteiger partial charge in [-0.05, 0) is 26.0 Å². The minimum absolute atomic E-state index is 0.123. The Morgan fingerprint density at radius 1 is 1.23 bits per heavy atom. The molecule has 0 amide bonds. The van der Waals surface area contributed by atoms with Gasteiger partial charge in [0.1, 0.15) is 17.8 Å². The molecule has 0 radical (unpaired) electrons. The van der Waals surface area contributed by atoms with Gasteiger partial charge in [-0.3, -0.25) is 0 Å². The van der Waals surface area contributed by atoms with E-state index in [4.69, 9.17) is 29.0 Å². The van der Waals surface area contributed by atoms with Crippen molar-refractivity contribution in [2.75, 3.05) is 6.51 Å². The highest BCUT2D eigenvalue weighted by Crippen LogP contribution is 2.43. The van der Waals surface area contributed by atoms with E-state index < -0.39 is 18.9 Å². The third kappa shape index (κ3) is 3.64. The van der Waals surface area contributed by atoms with E-state index in [0.717, 1.165) is 0 Å². The zero-order valence-electron chi connectivity index (χ0n) is 13.0. The molecule has 0 aromatic heterocycles. The lowest BCUT2D eigenvalue weighted by atomic mass is 9.95. The van der Waals surface area contributed by atoms with Crippen LogP contribution in [0.5, 0.6) is 17.2 Å². The fourth-order valence-corrected chi connectivity index (χ4v) is 2.01. The fraction of sp³-hybridized carbons (Fsp3) is 0.500.